The normalized spacial score (nSPS) is 15.4. The summed E-state index contributed by atoms with van der Waals surface area (Å²) in [5, 5.41) is 15.1. The summed E-state index contributed by atoms with van der Waals surface area (Å²) in [6.07, 6.45) is 2.14. The van der Waals surface area contributed by atoms with Gasteiger partial charge in [-0.1, -0.05) is 36.4 Å². The molecule has 1 N–H and O–H groups in total. The number of nitrogens with zero attached hydrogens (tertiary/aromatic N) is 5. The zero-order chi connectivity index (χ0) is 23.3. The molecule has 1 saturated heterocycles. The maximum atomic E-state index is 11.9. The minimum absolute atomic E-state index is 0.0696. The van der Waals surface area contributed by atoms with E-state index in [-0.39, 0.29) is 23.2 Å². The summed E-state index contributed by atoms with van der Waals surface area (Å²) >= 11 is 0. The van der Waals surface area contributed by atoms with Gasteiger partial charge < -0.3 is 19.7 Å². The van der Waals surface area contributed by atoms with Gasteiger partial charge in [-0.3, -0.25) is 15.0 Å². The molecule has 0 unspecified atom stereocenters. The van der Waals surface area contributed by atoms with Crippen LogP contribution in [0.2, 0.25) is 0 Å². The van der Waals surface area contributed by atoms with Gasteiger partial charge in [0.2, 0.25) is 18.4 Å². The van der Waals surface area contributed by atoms with Gasteiger partial charge in [0.25, 0.3) is 0 Å². The second kappa shape index (κ2) is 9.92. The lowest BCUT2D eigenvalue weighted by molar-refractivity contribution is -0.383. The van der Waals surface area contributed by atoms with Crippen LogP contribution in [0.5, 0.6) is 11.5 Å². The Morgan fingerprint density at radius 1 is 0.971 bits per heavy atom. The van der Waals surface area contributed by atoms with Gasteiger partial charge in [0.05, 0.1) is 4.92 Å². The van der Waals surface area contributed by atoms with Crippen LogP contribution >= 0.6 is 0 Å². The molecule has 5 rings (SSSR count). The summed E-state index contributed by atoms with van der Waals surface area (Å²) in [4.78, 5) is 24.3. The molecule has 10 heteroatoms. The highest BCUT2D eigenvalue weighted by Crippen LogP contribution is 2.34. The van der Waals surface area contributed by atoms with E-state index in [1.54, 1.807) is 0 Å². The number of ether oxygens (including phenoxy) is 2. The Bertz CT molecular complexity index is 1150. The van der Waals surface area contributed by atoms with E-state index in [9.17, 15) is 10.1 Å². The van der Waals surface area contributed by atoms with E-state index in [1.165, 1.54) is 6.33 Å². The van der Waals surface area contributed by atoms with Crippen molar-refractivity contribution in [1.82, 2.24) is 14.9 Å². The summed E-state index contributed by atoms with van der Waals surface area (Å²) in [7, 11) is 0. The van der Waals surface area contributed by atoms with Crippen molar-refractivity contribution in [3.05, 3.63) is 76.1 Å². The molecule has 0 spiro atoms. The molecule has 1 fully saturated rings. The highest BCUT2D eigenvalue weighted by Gasteiger charge is 2.29. The fourth-order valence-corrected chi connectivity index (χ4v) is 4.28. The van der Waals surface area contributed by atoms with Crippen LogP contribution in [0.25, 0.3) is 0 Å². The number of hydrogen-bond acceptors (Lipinski definition) is 9. The largest absolute Gasteiger partial charge is 0.454 e. The predicted octanol–water partition coefficient (Wildman–Crippen LogP) is 3.09. The van der Waals surface area contributed by atoms with Crippen molar-refractivity contribution in [3.8, 4) is 11.5 Å². The third kappa shape index (κ3) is 4.86. The van der Waals surface area contributed by atoms with Crippen molar-refractivity contribution in [3.63, 3.8) is 0 Å². The zero-order valence-corrected chi connectivity index (χ0v) is 18.7. The number of fused-ring (bicyclic) bond motifs is 1. The molecule has 34 heavy (non-hydrogen) atoms. The average Bonchev–Trinajstić information content (AvgIpc) is 3.33. The standard InChI is InChI=1S/C24H26N6O4/c31-30(32)22-23(25-9-8-18-4-2-1-3-5-18)26-16-27-24(22)29-12-10-28(11-13-29)15-19-6-7-20-21(14-19)34-17-33-20/h1-7,14,16H,8-13,15,17H2,(H,25,26,27). The first kappa shape index (κ1) is 21.9. The number of nitrogens with one attached hydrogen (secondary N) is 1. The first-order valence-electron chi connectivity index (χ1n) is 11.3. The van der Waals surface area contributed by atoms with Crippen LogP contribution in [0.1, 0.15) is 11.1 Å². The number of rotatable bonds is 8. The van der Waals surface area contributed by atoms with Crippen molar-refractivity contribution in [2.24, 2.45) is 0 Å². The average molecular weight is 463 g/mol. The van der Waals surface area contributed by atoms with E-state index in [1.807, 2.05) is 53.4 Å². The van der Waals surface area contributed by atoms with Gasteiger partial charge in [0.15, 0.2) is 11.5 Å². The quantitative estimate of drug-likeness (QED) is 0.399. The lowest BCUT2D eigenvalue weighted by Crippen LogP contribution is -2.46. The molecule has 0 saturated carbocycles. The minimum atomic E-state index is -0.390. The Labute approximate surface area is 197 Å². The Balaban J connectivity index is 1.22. The number of benzene rings is 2. The highest BCUT2D eigenvalue weighted by atomic mass is 16.7. The van der Waals surface area contributed by atoms with Crippen LogP contribution in [0.4, 0.5) is 17.3 Å². The predicted molar refractivity (Wildman–Crippen MR) is 127 cm³/mol. The van der Waals surface area contributed by atoms with E-state index in [0.29, 0.717) is 25.5 Å². The van der Waals surface area contributed by atoms with E-state index < -0.39 is 0 Å². The highest BCUT2D eigenvalue weighted by molar-refractivity contribution is 5.70. The Kier molecular flexibility index (Phi) is 6.39. The Hall–Kier alpha value is -3.92. The SMILES string of the molecule is O=[N+]([O-])c1c(NCCc2ccccc2)ncnc1N1CCN(Cc2ccc3c(c2)OCO3)CC1. The van der Waals surface area contributed by atoms with Crippen molar-refractivity contribution >= 4 is 17.3 Å². The Morgan fingerprint density at radius 3 is 2.56 bits per heavy atom. The van der Waals surface area contributed by atoms with Crippen LogP contribution in [0.15, 0.2) is 54.9 Å². The molecule has 1 aromatic heterocycles. The molecule has 2 aromatic carbocycles. The van der Waals surface area contributed by atoms with E-state index in [4.69, 9.17) is 9.47 Å². The summed E-state index contributed by atoms with van der Waals surface area (Å²) in [6, 6.07) is 16.0. The molecule has 176 valence electrons. The van der Waals surface area contributed by atoms with Crippen LogP contribution in [-0.4, -0.2) is 59.3 Å². The smallest absolute Gasteiger partial charge is 0.353 e. The third-order valence-electron chi connectivity index (χ3n) is 6.05. The maximum Gasteiger partial charge on any atom is 0.353 e. The topological polar surface area (TPSA) is 106 Å². The lowest BCUT2D eigenvalue weighted by atomic mass is 10.1. The molecule has 3 heterocycles. The molecule has 0 bridgehead atoms. The molecule has 3 aromatic rings. The van der Waals surface area contributed by atoms with Crippen molar-refractivity contribution < 1.29 is 14.4 Å². The van der Waals surface area contributed by atoms with Crippen LogP contribution < -0.4 is 19.7 Å². The molecule has 0 atom stereocenters. The van der Waals surface area contributed by atoms with Crippen molar-refractivity contribution in [2.75, 3.05) is 49.7 Å². The van der Waals surface area contributed by atoms with Crippen molar-refractivity contribution in [1.29, 1.82) is 0 Å². The van der Waals surface area contributed by atoms with Gasteiger partial charge >= 0.3 is 5.69 Å². The first-order chi connectivity index (χ1) is 16.7. The monoisotopic (exact) mass is 462 g/mol. The number of hydrogen-bond donors (Lipinski definition) is 1. The van der Waals surface area contributed by atoms with Gasteiger partial charge in [0, 0.05) is 39.3 Å². The summed E-state index contributed by atoms with van der Waals surface area (Å²) in [5.74, 6) is 2.18. The third-order valence-corrected chi connectivity index (χ3v) is 6.05. The molecule has 0 radical (unpaired) electrons. The fourth-order valence-electron chi connectivity index (χ4n) is 4.28. The van der Waals surface area contributed by atoms with Gasteiger partial charge in [0.1, 0.15) is 6.33 Å². The fraction of sp³-hybridized carbons (Fsp3) is 0.333. The summed E-state index contributed by atoms with van der Waals surface area (Å²) in [6.45, 7) is 4.42. The molecular formula is C24H26N6O4. The van der Waals surface area contributed by atoms with Gasteiger partial charge in [-0.05, 0) is 29.7 Å². The van der Waals surface area contributed by atoms with Gasteiger partial charge in [-0.15, -0.1) is 0 Å². The van der Waals surface area contributed by atoms with E-state index >= 15 is 0 Å². The molecule has 2 aliphatic rings. The Morgan fingerprint density at radius 2 is 1.76 bits per heavy atom. The second-order valence-electron chi connectivity index (χ2n) is 8.26. The minimum Gasteiger partial charge on any atom is -0.454 e. The summed E-state index contributed by atoms with van der Waals surface area (Å²) in [5.41, 5.74) is 2.24. The molecule has 0 amide bonds. The molecule has 10 nitrogen and oxygen atoms in total. The van der Waals surface area contributed by atoms with Gasteiger partial charge in [-0.2, -0.15) is 0 Å². The number of aromatic nitrogens is 2. The van der Waals surface area contributed by atoms with Crippen LogP contribution in [-0.2, 0) is 13.0 Å². The number of anilines is 2. The van der Waals surface area contributed by atoms with E-state index in [0.717, 1.165) is 48.7 Å². The van der Waals surface area contributed by atoms with Crippen LogP contribution in [0, 0.1) is 10.1 Å². The van der Waals surface area contributed by atoms with Crippen molar-refractivity contribution in [2.45, 2.75) is 13.0 Å². The second-order valence-corrected chi connectivity index (χ2v) is 8.26. The zero-order valence-electron chi connectivity index (χ0n) is 18.7. The molecular weight excluding hydrogens is 436 g/mol. The number of piperazine rings is 1. The first-order valence-corrected chi connectivity index (χ1v) is 11.3. The van der Waals surface area contributed by atoms with Crippen LogP contribution in [0.3, 0.4) is 0 Å². The number of nitro groups is 1. The molecule has 0 aliphatic carbocycles. The maximum absolute atomic E-state index is 11.9. The van der Waals surface area contributed by atoms with E-state index in [2.05, 4.69) is 20.2 Å². The van der Waals surface area contributed by atoms with Gasteiger partial charge in [-0.25, -0.2) is 9.97 Å². The summed E-state index contributed by atoms with van der Waals surface area (Å²) < 4.78 is 10.8. The lowest BCUT2D eigenvalue weighted by Gasteiger charge is -2.35. The molecule has 2 aliphatic heterocycles.